The summed E-state index contributed by atoms with van der Waals surface area (Å²) in [6.07, 6.45) is 7.89. The Morgan fingerprint density at radius 3 is 1.97 bits per heavy atom. The van der Waals surface area contributed by atoms with Gasteiger partial charge in [0.1, 0.15) is 0 Å². The molecule has 0 aromatic heterocycles. The Morgan fingerprint density at radius 2 is 1.53 bits per heavy atom. The molecular weight excluding hydrogens is 511 g/mol. The summed E-state index contributed by atoms with van der Waals surface area (Å²) in [5.41, 5.74) is -1.06. The number of rotatable bonds is 16. The predicted molar refractivity (Wildman–Crippen MR) is 134 cm³/mol. The van der Waals surface area contributed by atoms with Crippen molar-refractivity contribution >= 4 is 24.3 Å². The van der Waals surface area contributed by atoms with E-state index in [0.29, 0.717) is 11.3 Å². The van der Waals surface area contributed by atoms with Crippen LogP contribution in [0, 0.1) is 0 Å². The first-order valence-electron chi connectivity index (χ1n) is 12.2. The van der Waals surface area contributed by atoms with E-state index in [1.54, 1.807) is 38.3 Å². The Balaban J connectivity index is 2.85. The van der Waals surface area contributed by atoms with Gasteiger partial charge in [-0.2, -0.15) is 0 Å². The number of ether oxygens (including phenoxy) is 2. The van der Waals surface area contributed by atoms with Crippen molar-refractivity contribution in [1.82, 2.24) is 0 Å². The second kappa shape index (κ2) is 15.0. The molecule has 0 aliphatic rings. The standard InChI is InChI=1S/C14H17O5.3C4H9.Sn/c1-4-14(2,17)12(15)9-19-13(16)10-5-7-11(18-3)8-6-10;3*1-3-4-2;/h1,4-8,12,15,17H,9H2,2-3H3;3*1,3-4H2,2H3;/t12-,14-;;;;/m1..../s1. The quantitative estimate of drug-likeness (QED) is 0.196. The average molecular weight is 555 g/mol. The zero-order valence-corrected chi connectivity index (χ0v) is 23.6. The van der Waals surface area contributed by atoms with Crippen molar-refractivity contribution < 1.29 is 24.5 Å². The van der Waals surface area contributed by atoms with Crippen LogP contribution in [0.15, 0.2) is 34.4 Å². The summed E-state index contributed by atoms with van der Waals surface area (Å²) in [5.74, 6) is 0.118. The second-order valence-corrected chi connectivity index (χ2v) is 22.1. The van der Waals surface area contributed by atoms with Crippen molar-refractivity contribution in [3.05, 3.63) is 40.0 Å². The van der Waals surface area contributed by atoms with Crippen molar-refractivity contribution in [3.63, 3.8) is 0 Å². The van der Waals surface area contributed by atoms with Crippen LogP contribution in [0.4, 0.5) is 0 Å². The van der Waals surface area contributed by atoms with Crippen LogP contribution in [0.1, 0.15) is 76.6 Å². The molecule has 1 rings (SSSR count). The van der Waals surface area contributed by atoms with Crippen LogP contribution < -0.4 is 4.74 Å². The molecule has 1 aromatic carbocycles. The van der Waals surface area contributed by atoms with Gasteiger partial charge in [-0.05, 0) is 0 Å². The van der Waals surface area contributed by atoms with Crippen molar-refractivity contribution in [1.29, 1.82) is 0 Å². The Hall–Kier alpha value is -1.05. The molecule has 32 heavy (non-hydrogen) atoms. The topological polar surface area (TPSA) is 76.0 Å². The van der Waals surface area contributed by atoms with Crippen LogP contribution in [0.2, 0.25) is 13.3 Å². The van der Waals surface area contributed by atoms with E-state index in [9.17, 15) is 15.0 Å². The first kappa shape index (κ1) is 29.0. The van der Waals surface area contributed by atoms with E-state index in [2.05, 4.69) is 24.9 Å². The summed E-state index contributed by atoms with van der Waals surface area (Å²) >= 11 is -2.58. The molecule has 6 heteroatoms. The zero-order valence-electron chi connectivity index (χ0n) is 20.7. The normalized spacial score (nSPS) is 14.8. The minimum atomic E-state index is -2.58. The van der Waals surface area contributed by atoms with Crippen LogP contribution >= 0.6 is 0 Å². The van der Waals surface area contributed by atoms with Crippen molar-refractivity contribution in [3.8, 4) is 5.75 Å². The van der Waals surface area contributed by atoms with Gasteiger partial charge in [-0.1, -0.05) is 0 Å². The molecule has 0 saturated heterocycles. The number of carbonyl (C=O) groups is 1. The molecule has 0 aliphatic carbocycles. The van der Waals surface area contributed by atoms with E-state index >= 15 is 0 Å². The van der Waals surface area contributed by atoms with Gasteiger partial charge in [0.15, 0.2) is 0 Å². The summed E-state index contributed by atoms with van der Waals surface area (Å²) < 4.78 is 16.6. The summed E-state index contributed by atoms with van der Waals surface area (Å²) in [4.78, 5) is 12.3. The van der Waals surface area contributed by atoms with Gasteiger partial charge in [-0.15, -0.1) is 0 Å². The van der Waals surface area contributed by atoms with Crippen molar-refractivity contribution in [2.75, 3.05) is 13.7 Å². The molecule has 2 N–H and O–H groups in total. The summed E-state index contributed by atoms with van der Waals surface area (Å²) in [5, 5.41) is 21.6. The first-order valence-corrected chi connectivity index (χ1v) is 19.9. The Kier molecular flexibility index (Phi) is 13.6. The van der Waals surface area contributed by atoms with Crippen LogP contribution in [0.25, 0.3) is 0 Å². The van der Waals surface area contributed by atoms with Gasteiger partial charge in [0, 0.05) is 0 Å². The number of unbranched alkanes of at least 4 members (excludes halogenated alkanes) is 3. The predicted octanol–water partition coefficient (Wildman–Crippen LogP) is 5.91. The molecule has 0 spiro atoms. The van der Waals surface area contributed by atoms with Crippen LogP contribution in [0.3, 0.4) is 0 Å². The van der Waals surface area contributed by atoms with Crippen molar-refractivity contribution in [2.24, 2.45) is 0 Å². The summed E-state index contributed by atoms with van der Waals surface area (Å²) in [6.45, 7) is 8.04. The van der Waals surface area contributed by atoms with Gasteiger partial charge in [0.2, 0.25) is 0 Å². The average Bonchev–Trinajstić information content (AvgIpc) is 2.81. The molecule has 2 atom stereocenters. The molecule has 0 heterocycles. The molecule has 0 amide bonds. The van der Waals surface area contributed by atoms with Crippen molar-refractivity contribution in [2.45, 2.75) is 91.2 Å². The Bertz CT molecular complexity index is 662. The Morgan fingerprint density at radius 1 is 1.03 bits per heavy atom. The maximum atomic E-state index is 12.3. The van der Waals surface area contributed by atoms with E-state index in [1.807, 2.05) is 6.08 Å². The number of aliphatic hydroxyl groups excluding tert-OH is 1. The van der Waals surface area contributed by atoms with E-state index in [-0.39, 0.29) is 6.61 Å². The van der Waals surface area contributed by atoms with Gasteiger partial charge >= 0.3 is 192 Å². The number of methoxy groups -OCH3 is 1. The molecule has 0 bridgehead atoms. The van der Waals surface area contributed by atoms with E-state index < -0.39 is 36.1 Å². The van der Waals surface area contributed by atoms with E-state index in [1.165, 1.54) is 51.8 Å². The number of carbonyl (C=O) groups excluding carboxylic acids is 1. The Labute approximate surface area is 199 Å². The van der Waals surface area contributed by atoms with Gasteiger partial charge in [0.05, 0.1) is 7.11 Å². The van der Waals surface area contributed by atoms with E-state index in [4.69, 9.17) is 9.47 Å². The molecule has 1 aromatic rings. The van der Waals surface area contributed by atoms with Crippen LogP contribution in [-0.2, 0) is 4.74 Å². The van der Waals surface area contributed by atoms with Gasteiger partial charge in [0.25, 0.3) is 0 Å². The molecule has 5 nitrogen and oxygen atoms in total. The molecule has 0 saturated carbocycles. The number of hydrogen-bond donors (Lipinski definition) is 2. The number of benzene rings is 1. The van der Waals surface area contributed by atoms with Crippen LogP contribution in [0.5, 0.6) is 5.75 Å². The van der Waals surface area contributed by atoms with Crippen LogP contribution in [-0.4, -0.2) is 60.0 Å². The van der Waals surface area contributed by atoms with Gasteiger partial charge < -0.3 is 0 Å². The third kappa shape index (κ3) is 9.84. The van der Waals surface area contributed by atoms with Gasteiger partial charge in [-0.3, -0.25) is 0 Å². The SMILES string of the molecule is CCC[CH2][Sn](/[CH]=C/[C@@](C)(O)[C@H](O)COC(=O)c1ccc(OC)cc1)([CH2]CCC)[CH2]CCC. The maximum absolute atomic E-state index is 12.3. The fraction of sp³-hybridized carbons (Fsp3) is 0.654. The fourth-order valence-electron chi connectivity index (χ4n) is 3.80. The zero-order chi connectivity index (χ0) is 24.0. The summed E-state index contributed by atoms with van der Waals surface area (Å²) in [7, 11) is 1.56. The number of esters is 1. The molecule has 0 unspecified atom stereocenters. The molecule has 0 radical (unpaired) electrons. The van der Waals surface area contributed by atoms with E-state index in [0.717, 1.165) is 0 Å². The number of hydrogen-bond acceptors (Lipinski definition) is 5. The molecular formula is C26H44O5Sn. The number of aliphatic hydroxyl groups is 2. The van der Waals surface area contributed by atoms with Gasteiger partial charge in [-0.25, -0.2) is 0 Å². The molecule has 182 valence electrons. The minimum absolute atomic E-state index is 0.260. The first-order chi connectivity index (χ1) is 15.2. The summed E-state index contributed by atoms with van der Waals surface area (Å²) in [6, 6.07) is 6.59. The third-order valence-corrected chi connectivity index (χ3v) is 20.3. The third-order valence-electron chi connectivity index (χ3n) is 6.23. The molecule has 0 aliphatic heterocycles. The monoisotopic (exact) mass is 556 g/mol. The second-order valence-electron chi connectivity index (χ2n) is 9.07. The molecule has 0 fully saturated rings. The fourth-order valence-corrected chi connectivity index (χ4v) is 18.4.